The van der Waals surface area contributed by atoms with E-state index in [1.807, 2.05) is 25.1 Å². The normalized spacial score (nSPS) is 12.0. The molecule has 150 valence electrons. The van der Waals surface area contributed by atoms with E-state index in [1.165, 1.54) is 18.5 Å². The molecule has 3 aromatic heterocycles. The Morgan fingerprint density at radius 1 is 1.06 bits per heavy atom. The molecule has 0 aliphatic carbocycles. The smallest absolute Gasteiger partial charge is 0.162 e. The van der Waals surface area contributed by atoms with Gasteiger partial charge in [-0.2, -0.15) is 5.26 Å². The predicted octanol–water partition coefficient (Wildman–Crippen LogP) is 4.75. The summed E-state index contributed by atoms with van der Waals surface area (Å²) in [7, 11) is 0. The van der Waals surface area contributed by atoms with Crippen molar-refractivity contribution in [3.05, 3.63) is 78.3 Å². The molecule has 0 radical (unpaired) electrons. The van der Waals surface area contributed by atoms with Gasteiger partial charge in [-0.1, -0.05) is 12.1 Å². The van der Waals surface area contributed by atoms with Crippen molar-refractivity contribution in [2.45, 2.75) is 13.0 Å². The summed E-state index contributed by atoms with van der Waals surface area (Å²) in [4.78, 5) is 20.3. The number of H-pyrrole nitrogens is 1. The molecule has 0 saturated heterocycles. The predicted molar refractivity (Wildman–Crippen MR) is 116 cm³/mol. The van der Waals surface area contributed by atoms with Crippen LogP contribution in [0.1, 0.15) is 24.1 Å². The van der Waals surface area contributed by atoms with Crippen molar-refractivity contribution in [1.82, 2.24) is 24.9 Å². The van der Waals surface area contributed by atoms with Crippen LogP contribution in [0.4, 0.5) is 10.2 Å². The zero-order chi connectivity index (χ0) is 21.4. The van der Waals surface area contributed by atoms with Crippen LogP contribution in [0, 0.1) is 17.1 Å². The van der Waals surface area contributed by atoms with Gasteiger partial charge in [-0.3, -0.25) is 4.98 Å². The van der Waals surface area contributed by atoms with Crippen LogP contribution in [0.5, 0.6) is 0 Å². The number of nitrogens with one attached hydrogen (secondary N) is 2. The number of pyridine rings is 1. The van der Waals surface area contributed by atoms with Crippen molar-refractivity contribution in [2.24, 2.45) is 0 Å². The molecule has 7 nitrogen and oxygen atoms in total. The molecule has 1 unspecified atom stereocenters. The van der Waals surface area contributed by atoms with Crippen LogP contribution in [0.3, 0.4) is 0 Å². The van der Waals surface area contributed by atoms with Crippen LogP contribution in [0.25, 0.3) is 33.2 Å². The SMILES string of the molecule is CC(Nc1ncnc2[nH]cnc12)c1cc(C#N)c2cccnc2c1-c1cccc(F)c1. The van der Waals surface area contributed by atoms with Crippen LogP contribution < -0.4 is 5.32 Å². The van der Waals surface area contributed by atoms with Gasteiger partial charge in [0, 0.05) is 17.1 Å². The summed E-state index contributed by atoms with van der Waals surface area (Å²) in [6.07, 6.45) is 4.68. The molecule has 2 aromatic carbocycles. The number of hydrogen-bond donors (Lipinski definition) is 2. The number of imidazole rings is 1. The van der Waals surface area contributed by atoms with Gasteiger partial charge in [0.25, 0.3) is 0 Å². The molecule has 0 aliphatic heterocycles. The fourth-order valence-corrected chi connectivity index (χ4v) is 3.80. The Balaban J connectivity index is 1.73. The number of hydrogen-bond acceptors (Lipinski definition) is 6. The van der Waals surface area contributed by atoms with Crippen molar-refractivity contribution in [1.29, 1.82) is 5.26 Å². The fourth-order valence-electron chi connectivity index (χ4n) is 3.80. The summed E-state index contributed by atoms with van der Waals surface area (Å²) in [5.41, 5.74) is 4.62. The highest BCUT2D eigenvalue weighted by molar-refractivity contribution is 5.99. The average molecular weight is 409 g/mol. The van der Waals surface area contributed by atoms with Gasteiger partial charge in [-0.05, 0) is 48.4 Å². The first-order chi connectivity index (χ1) is 15.2. The van der Waals surface area contributed by atoms with Crippen molar-refractivity contribution in [3.63, 3.8) is 0 Å². The molecule has 31 heavy (non-hydrogen) atoms. The van der Waals surface area contributed by atoms with E-state index in [-0.39, 0.29) is 11.9 Å². The lowest BCUT2D eigenvalue weighted by atomic mass is 9.90. The lowest BCUT2D eigenvalue weighted by Gasteiger charge is -2.21. The first kappa shape index (κ1) is 18.6. The standard InChI is InChI=1S/C23H16FN7/c1-13(31-23-21-22(28-11-27-21)29-12-30-23)18-9-15(10-25)17-6-3-7-26-20(17)19(18)14-4-2-5-16(24)8-14/h2-9,11-13H,1H3,(H2,27,28,29,30,31). The minimum absolute atomic E-state index is 0.286. The largest absolute Gasteiger partial charge is 0.362 e. The molecule has 0 saturated carbocycles. The maximum Gasteiger partial charge on any atom is 0.162 e. The number of halogens is 1. The topological polar surface area (TPSA) is 103 Å². The molecule has 1 atom stereocenters. The van der Waals surface area contributed by atoms with Crippen molar-refractivity contribution < 1.29 is 4.39 Å². The molecule has 0 fully saturated rings. The minimum Gasteiger partial charge on any atom is -0.362 e. The van der Waals surface area contributed by atoms with Crippen molar-refractivity contribution in [3.8, 4) is 17.2 Å². The average Bonchev–Trinajstić information content (AvgIpc) is 3.28. The number of aromatic amines is 1. The van der Waals surface area contributed by atoms with Crippen LogP contribution >= 0.6 is 0 Å². The quantitative estimate of drug-likeness (QED) is 0.444. The molecular weight excluding hydrogens is 393 g/mol. The Morgan fingerprint density at radius 3 is 2.81 bits per heavy atom. The summed E-state index contributed by atoms with van der Waals surface area (Å²) in [6.45, 7) is 1.95. The summed E-state index contributed by atoms with van der Waals surface area (Å²) in [5.74, 6) is 0.218. The minimum atomic E-state index is -0.341. The number of rotatable bonds is 4. The zero-order valence-corrected chi connectivity index (χ0v) is 16.5. The number of aromatic nitrogens is 5. The van der Waals surface area contributed by atoms with Gasteiger partial charge in [0.2, 0.25) is 0 Å². The van der Waals surface area contributed by atoms with Crippen LogP contribution in [0.2, 0.25) is 0 Å². The monoisotopic (exact) mass is 409 g/mol. The van der Waals surface area contributed by atoms with Crippen molar-refractivity contribution in [2.75, 3.05) is 5.32 Å². The Hall–Kier alpha value is -4.38. The van der Waals surface area contributed by atoms with Gasteiger partial charge in [0.1, 0.15) is 17.7 Å². The van der Waals surface area contributed by atoms with E-state index in [9.17, 15) is 9.65 Å². The highest BCUT2D eigenvalue weighted by Crippen LogP contribution is 2.37. The van der Waals surface area contributed by atoms with Gasteiger partial charge >= 0.3 is 0 Å². The number of benzene rings is 2. The second-order valence-corrected chi connectivity index (χ2v) is 7.10. The van der Waals surface area contributed by atoms with E-state index in [0.717, 1.165) is 16.5 Å². The highest BCUT2D eigenvalue weighted by Gasteiger charge is 2.20. The number of fused-ring (bicyclic) bond motifs is 2. The molecule has 3 heterocycles. The lowest BCUT2D eigenvalue weighted by Crippen LogP contribution is -2.11. The maximum absolute atomic E-state index is 14.1. The number of anilines is 1. The second-order valence-electron chi connectivity index (χ2n) is 7.10. The molecule has 2 N–H and O–H groups in total. The Kier molecular flexibility index (Phi) is 4.49. The molecule has 0 aliphatic rings. The first-order valence-electron chi connectivity index (χ1n) is 9.64. The van der Waals surface area contributed by atoms with E-state index >= 15 is 0 Å². The molecule has 0 amide bonds. The van der Waals surface area contributed by atoms with Gasteiger partial charge in [-0.25, -0.2) is 19.3 Å². The molecular formula is C23H16FN7. The van der Waals surface area contributed by atoms with Crippen LogP contribution in [-0.4, -0.2) is 24.9 Å². The third-order valence-corrected chi connectivity index (χ3v) is 5.19. The summed E-state index contributed by atoms with van der Waals surface area (Å²) < 4.78 is 14.1. The highest BCUT2D eigenvalue weighted by atomic mass is 19.1. The van der Waals surface area contributed by atoms with Gasteiger partial charge in [0.05, 0.1) is 29.5 Å². The summed E-state index contributed by atoms with van der Waals surface area (Å²) in [6, 6.07) is 13.8. The third-order valence-electron chi connectivity index (χ3n) is 5.19. The summed E-state index contributed by atoms with van der Waals surface area (Å²) in [5, 5.41) is 13.8. The molecule has 5 rings (SSSR count). The van der Waals surface area contributed by atoms with E-state index in [2.05, 4.69) is 36.3 Å². The van der Waals surface area contributed by atoms with Crippen molar-refractivity contribution >= 4 is 27.9 Å². The van der Waals surface area contributed by atoms with E-state index < -0.39 is 0 Å². The van der Waals surface area contributed by atoms with Gasteiger partial charge in [0.15, 0.2) is 11.5 Å². The second kappa shape index (κ2) is 7.46. The van der Waals surface area contributed by atoms with E-state index in [1.54, 1.807) is 24.7 Å². The molecule has 0 spiro atoms. The van der Waals surface area contributed by atoms with Gasteiger partial charge in [-0.15, -0.1) is 0 Å². The molecule has 8 heteroatoms. The van der Waals surface area contributed by atoms with Gasteiger partial charge < -0.3 is 10.3 Å². The first-order valence-corrected chi connectivity index (χ1v) is 9.64. The van der Waals surface area contributed by atoms with E-state index in [4.69, 9.17) is 0 Å². The number of nitriles is 1. The lowest BCUT2D eigenvalue weighted by molar-refractivity contribution is 0.628. The Labute approximate surface area is 176 Å². The molecule has 0 bridgehead atoms. The Bertz CT molecular complexity index is 1470. The zero-order valence-electron chi connectivity index (χ0n) is 16.5. The fraction of sp³-hybridized carbons (Fsp3) is 0.0870. The maximum atomic E-state index is 14.1. The third kappa shape index (κ3) is 3.22. The molecule has 5 aromatic rings. The van der Waals surface area contributed by atoms with Crippen LogP contribution in [-0.2, 0) is 0 Å². The van der Waals surface area contributed by atoms with Crippen LogP contribution in [0.15, 0.2) is 61.3 Å². The Morgan fingerprint density at radius 2 is 1.97 bits per heavy atom. The summed E-state index contributed by atoms with van der Waals surface area (Å²) >= 11 is 0. The van der Waals surface area contributed by atoms with E-state index in [0.29, 0.717) is 33.6 Å². The number of nitrogens with zero attached hydrogens (tertiary/aromatic N) is 5.